The summed E-state index contributed by atoms with van der Waals surface area (Å²) < 4.78 is 0. The van der Waals surface area contributed by atoms with Gasteiger partial charge in [-0.3, -0.25) is 0 Å². The minimum Gasteiger partial charge on any atom is -0.338 e. The van der Waals surface area contributed by atoms with Crippen LogP contribution in [0.3, 0.4) is 0 Å². The number of hydrogen-bond acceptors (Lipinski definition) is 1. The predicted octanol–water partition coefficient (Wildman–Crippen LogP) is 3.44. The number of hydrogen-bond donors (Lipinski definition) is 2. The quantitative estimate of drug-likeness (QED) is 0.779. The molecule has 3 heteroatoms. The third-order valence-corrected chi connectivity index (χ3v) is 3.45. The van der Waals surface area contributed by atoms with Gasteiger partial charge in [-0.25, -0.2) is 4.79 Å². The van der Waals surface area contributed by atoms with E-state index in [4.69, 9.17) is 0 Å². The standard InChI is InChI=1S/C14H28N2O/c1-12(2)16-14(17)15-11-13-9-7-5-3-4-6-8-10-13/h12-13H,3-11H2,1-2H3,(H2,15,16,17). The van der Waals surface area contributed by atoms with Gasteiger partial charge in [0, 0.05) is 12.6 Å². The lowest BCUT2D eigenvalue weighted by molar-refractivity contribution is 0.235. The van der Waals surface area contributed by atoms with Crippen LogP contribution in [0.15, 0.2) is 0 Å². The minimum atomic E-state index is -0.0140. The molecule has 1 aliphatic carbocycles. The van der Waals surface area contributed by atoms with Crippen molar-refractivity contribution >= 4 is 6.03 Å². The third-order valence-electron chi connectivity index (χ3n) is 3.45. The second kappa shape index (κ2) is 8.37. The molecule has 0 spiro atoms. The summed E-state index contributed by atoms with van der Waals surface area (Å²) in [4.78, 5) is 11.5. The molecular formula is C14H28N2O. The van der Waals surface area contributed by atoms with Gasteiger partial charge in [0.25, 0.3) is 0 Å². The van der Waals surface area contributed by atoms with E-state index in [9.17, 15) is 4.79 Å². The van der Waals surface area contributed by atoms with E-state index in [1.165, 1.54) is 51.4 Å². The number of nitrogens with one attached hydrogen (secondary N) is 2. The van der Waals surface area contributed by atoms with Gasteiger partial charge in [0.2, 0.25) is 0 Å². The van der Waals surface area contributed by atoms with Crippen LogP contribution >= 0.6 is 0 Å². The molecule has 0 atom stereocenters. The molecule has 0 saturated heterocycles. The van der Waals surface area contributed by atoms with Crippen molar-refractivity contribution in [3.63, 3.8) is 0 Å². The van der Waals surface area contributed by atoms with E-state index in [0.717, 1.165) is 6.54 Å². The molecule has 0 aromatic carbocycles. The minimum absolute atomic E-state index is 0.0140. The number of urea groups is 1. The van der Waals surface area contributed by atoms with Crippen molar-refractivity contribution in [3.05, 3.63) is 0 Å². The molecule has 0 radical (unpaired) electrons. The molecule has 0 heterocycles. The maximum absolute atomic E-state index is 11.5. The lowest BCUT2D eigenvalue weighted by Crippen LogP contribution is -2.41. The Morgan fingerprint density at radius 1 is 1.06 bits per heavy atom. The zero-order valence-corrected chi connectivity index (χ0v) is 11.4. The maximum Gasteiger partial charge on any atom is 0.314 e. The van der Waals surface area contributed by atoms with Crippen LogP contribution in [-0.2, 0) is 0 Å². The molecule has 1 aliphatic rings. The van der Waals surface area contributed by atoms with Gasteiger partial charge in [-0.05, 0) is 32.6 Å². The first-order chi connectivity index (χ1) is 8.18. The van der Waals surface area contributed by atoms with Crippen molar-refractivity contribution in [2.45, 2.75) is 71.3 Å². The molecule has 100 valence electrons. The van der Waals surface area contributed by atoms with Gasteiger partial charge in [-0.1, -0.05) is 38.5 Å². The molecule has 0 bridgehead atoms. The molecule has 0 unspecified atom stereocenters. The lowest BCUT2D eigenvalue weighted by atomic mass is 9.97. The normalized spacial score (nSPS) is 19.2. The molecule has 1 rings (SSSR count). The van der Waals surface area contributed by atoms with Crippen molar-refractivity contribution in [1.29, 1.82) is 0 Å². The van der Waals surface area contributed by atoms with Crippen molar-refractivity contribution in [1.82, 2.24) is 10.6 Å². The Balaban J connectivity index is 2.20. The van der Waals surface area contributed by atoms with Crippen LogP contribution < -0.4 is 10.6 Å². The molecule has 2 amide bonds. The van der Waals surface area contributed by atoms with E-state index < -0.39 is 0 Å². The Morgan fingerprint density at radius 3 is 2.12 bits per heavy atom. The first-order valence-electron chi connectivity index (χ1n) is 7.23. The highest BCUT2D eigenvalue weighted by molar-refractivity contribution is 5.74. The monoisotopic (exact) mass is 240 g/mol. The first kappa shape index (κ1) is 14.3. The highest BCUT2D eigenvalue weighted by atomic mass is 16.2. The Hall–Kier alpha value is -0.730. The van der Waals surface area contributed by atoms with Gasteiger partial charge in [-0.15, -0.1) is 0 Å². The molecule has 1 fully saturated rings. The fraction of sp³-hybridized carbons (Fsp3) is 0.929. The van der Waals surface area contributed by atoms with Gasteiger partial charge >= 0.3 is 6.03 Å². The summed E-state index contributed by atoms with van der Waals surface area (Å²) in [6, 6.07) is 0.204. The SMILES string of the molecule is CC(C)NC(=O)NCC1CCCCCCCC1. The molecular weight excluding hydrogens is 212 g/mol. The van der Waals surface area contributed by atoms with Crippen LogP contribution in [0, 0.1) is 5.92 Å². The number of amides is 2. The second-order valence-corrected chi connectivity index (χ2v) is 5.57. The predicted molar refractivity (Wildman–Crippen MR) is 72.1 cm³/mol. The molecule has 0 aliphatic heterocycles. The van der Waals surface area contributed by atoms with Gasteiger partial charge in [0.1, 0.15) is 0 Å². The molecule has 1 saturated carbocycles. The van der Waals surface area contributed by atoms with Crippen LogP contribution in [0.1, 0.15) is 65.2 Å². The summed E-state index contributed by atoms with van der Waals surface area (Å²) in [7, 11) is 0. The van der Waals surface area contributed by atoms with E-state index in [1.54, 1.807) is 0 Å². The average Bonchev–Trinajstić information content (AvgIpc) is 2.38. The van der Waals surface area contributed by atoms with E-state index in [1.807, 2.05) is 13.8 Å². The Morgan fingerprint density at radius 2 is 1.59 bits per heavy atom. The highest BCUT2D eigenvalue weighted by Crippen LogP contribution is 2.21. The summed E-state index contributed by atoms with van der Waals surface area (Å²) in [5.41, 5.74) is 0. The van der Waals surface area contributed by atoms with Crippen LogP contribution in [0.5, 0.6) is 0 Å². The number of carbonyl (C=O) groups excluding carboxylic acids is 1. The Labute approximate surface area is 106 Å². The largest absolute Gasteiger partial charge is 0.338 e. The number of rotatable bonds is 3. The zero-order valence-electron chi connectivity index (χ0n) is 11.4. The summed E-state index contributed by atoms with van der Waals surface area (Å²) in [6.07, 6.45) is 10.8. The van der Waals surface area contributed by atoms with Crippen molar-refractivity contribution in [2.24, 2.45) is 5.92 Å². The summed E-state index contributed by atoms with van der Waals surface area (Å²) in [6.45, 7) is 4.82. The van der Waals surface area contributed by atoms with Crippen LogP contribution in [0.2, 0.25) is 0 Å². The van der Waals surface area contributed by atoms with Gasteiger partial charge in [-0.2, -0.15) is 0 Å². The zero-order chi connectivity index (χ0) is 12.5. The Kier molecular flexibility index (Phi) is 7.06. The average molecular weight is 240 g/mol. The molecule has 0 aromatic heterocycles. The van der Waals surface area contributed by atoms with E-state index in [0.29, 0.717) is 5.92 Å². The van der Waals surface area contributed by atoms with E-state index in [2.05, 4.69) is 10.6 Å². The summed E-state index contributed by atoms with van der Waals surface area (Å²) >= 11 is 0. The van der Waals surface area contributed by atoms with E-state index >= 15 is 0 Å². The molecule has 2 N–H and O–H groups in total. The molecule has 3 nitrogen and oxygen atoms in total. The summed E-state index contributed by atoms with van der Waals surface area (Å²) in [5, 5.41) is 5.87. The van der Waals surface area contributed by atoms with Gasteiger partial charge < -0.3 is 10.6 Å². The smallest absolute Gasteiger partial charge is 0.314 e. The topological polar surface area (TPSA) is 41.1 Å². The molecule has 0 aromatic rings. The van der Waals surface area contributed by atoms with Crippen LogP contribution in [0.4, 0.5) is 4.79 Å². The van der Waals surface area contributed by atoms with Crippen molar-refractivity contribution in [2.75, 3.05) is 6.54 Å². The van der Waals surface area contributed by atoms with Crippen molar-refractivity contribution in [3.8, 4) is 0 Å². The molecule has 17 heavy (non-hydrogen) atoms. The number of carbonyl (C=O) groups is 1. The first-order valence-corrected chi connectivity index (χ1v) is 7.23. The van der Waals surface area contributed by atoms with Crippen LogP contribution in [-0.4, -0.2) is 18.6 Å². The van der Waals surface area contributed by atoms with Crippen molar-refractivity contribution < 1.29 is 4.79 Å². The lowest BCUT2D eigenvalue weighted by Gasteiger charge is -2.17. The van der Waals surface area contributed by atoms with Crippen LogP contribution in [0.25, 0.3) is 0 Å². The van der Waals surface area contributed by atoms with Gasteiger partial charge in [0.15, 0.2) is 0 Å². The highest BCUT2D eigenvalue weighted by Gasteiger charge is 2.12. The summed E-state index contributed by atoms with van der Waals surface area (Å²) in [5.74, 6) is 0.686. The van der Waals surface area contributed by atoms with Gasteiger partial charge in [0.05, 0.1) is 0 Å². The van der Waals surface area contributed by atoms with E-state index in [-0.39, 0.29) is 12.1 Å². The fourth-order valence-electron chi connectivity index (χ4n) is 2.47. The third kappa shape index (κ3) is 7.24. The fourth-order valence-corrected chi connectivity index (χ4v) is 2.47. The maximum atomic E-state index is 11.5. The second-order valence-electron chi connectivity index (χ2n) is 5.57. The Bertz CT molecular complexity index is 206.